The van der Waals surface area contributed by atoms with Crippen molar-refractivity contribution >= 4 is 34.3 Å². The summed E-state index contributed by atoms with van der Waals surface area (Å²) in [6.07, 6.45) is 3.16. The number of para-hydroxylation sites is 1. The second-order valence-electron chi connectivity index (χ2n) is 7.17. The second kappa shape index (κ2) is 7.42. The number of halogens is 1. The van der Waals surface area contributed by atoms with E-state index < -0.39 is 0 Å². The Bertz CT molecular complexity index is 1310. The maximum atomic E-state index is 13.1. The fraction of sp³-hybridized carbons (Fsp3) is 0.182. The molecule has 0 saturated carbocycles. The molecular formula is C22H17ClN4O3. The first-order valence-electron chi connectivity index (χ1n) is 9.61. The van der Waals surface area contributed by atoms with Gasteiger partial charge in [0.25, 0.3) is 11.3 Å². The molecule has 2 aromatic heterocycles. The summed E-state index contributed by atoms with van der Waals surface area (Å²) in [5.41, 5.74) is 2.88. The van der Waals surface area contributed by atoms with Crippen LogP contribution in [0.25, 0.3) is 22.4 Å². The van der Waals surface area contributed by atoms with Crippen molar-refractivity contribution in [3.05, 3.63) is 75.8 Å². The monoisotopic (exact) mass is 420 g/mol. The Balaban J connectivity index is 1.51. The van der Waals surface area contributed by atoms with Gasteiger partial charge in [-0.25, -0.2) is 4.98 Å². The van der Waals surface area contributed by atoms with Crippen LogP contribution < -0.4 is 10.5 Å². The fourth-order valence-corrected chi connectivity index (χ4v) is 3.95. The molecular weight excluding hydrogens is 404 g/mol. The molecule has 4 aromatic rings. The summed E-state index contributed by atoms with van der Waals surface area (Å²) in [4.78, 5) is 32.1. The average Bonchev–Trinajstić information content (AvgIpc) is 3.20. The first-order chi connectivity index (χ1) is 14.6. The van der Waals surface area contributed by atoms with Crippen molar-refractivity contribution < 1.29 is 9.32 Å². The minimum atomic E-state index is -0.371. The van der Waals surface area contributed by atoms with Crippen LogP contribution in [0.1, 0.15) is 12.0 Å². The zero-order valence-corrected chi connectivity index (χ0v) is 16.7. The number of benzene rings is 2. The van der Waals surface area contributed by atoms with E-state index in [9.17, 15) is 9.59 Å². The number of carbonyl (C=O) groups is 1. The standard InChI is InChI=1S/C22H17ClN4O3/c23-16-9-7-15(8-10-16)20-19-21(30-25-20)24-13-26(22(19)29)12-18(28)27-11-3-5-14-4-1-2-6-17(14)27/h1-2,4,6-10,13H,3,5,11-12H2. The van der Waals surface area contributed by atoms with Gasteiger partial charge in [0.2, 0.25) is 5.91 Å². The van der Waals surface area contributed by atoms with Crippen LogP contribution in [0.2, 0.25) is 5.02 Å². The van der Waals surface area contributed by atoms with Gasteiger partial charge in [-0.2, -0.15) is 0 Å². The SMILES string of the molecule is O=C(Cn1cnc2onc(-c3ccc(Cl)cc3)c2c1=O)N1CCCc2ccccc21. The highest BCUT2D eigenvalue weighted by Crippen LogP contribution is 2.27. The molecule has 1 aliphatic heterocycles. The number of anilines is 1. The van der Waals surface area contributed by atoms with E-state index in [4.69, 9.17) is 16.1 Å². The molecule has 2 aromatic carbocycles. The number of nitrogens with zero attached hydrogens (tertiary/aromatic N) is 4. The van der Waals surface area contributed by atoms with Gasteiger partial charge in [0.1, 0.15) is 24.0 Å². The highest BCUT2D eigenvalue weighted by atomic mass is 35.5. The van der Waals surface area contributed by atoms with Gasteiger partial charge in [-0.15, -0.1) is 0 Å². The molecule has 7 nitrogen and oxygen atoms in total. The van der Waals surface area contributed by atoms with Gasteiger partial charge < -0.3 is 9.42 Å². The summed E-state index contributed by atoms with van der Waals surface area (Å²) in [6.45, 7) is 0.519. The Morgan fingerprint density at radius 1 is 1.13 bits per heavy atom. The van der Waals surface area contributed by atoms with Crippen LogP contribution in [0.4, 0.5) is 5.69 Å². The molecule has 5 rings (SSSR count). The van der Waals surface area contributed by atoms with E-state index >= 15 is 0 Å². The molecule has 0 aliphatic carbocycles. The van der Waals surface area contributed by atoms with E-state index in [0.717, 1.165) is 24.1 Å². The third-order valence-corrected chi connectivity index (χ3v) is 5.55. The lowest BCUT2D eigenvalue weighted by molar-refractivity contribution is -0.119. The zero-order valence-electron chi connectivity index (χ0n) is 15.9. The number of aromatic nitrogens is 3. The summed E-state index contributed by atoms with van der Waals surface area (Å²) in [6, 6.07) is 14.8. The Morgan fingerprint density at radius 2 is 1.93 bits per heavy atom. The first-order valence-corrected chi connectivity index (χ1v) is 9.98. The van der Waals surface area contributed by atoms with Crippen LogP contribution in [-0.4, -0.2) is 27.2 Å². The minimum absolute atomic E-state index is 0.110. The summed E-state index contributed by atoms with van der Waals surface area (Å²) < 4.78 is 6.54. The highest BCUT2D eigenvalue weighted by molar-refractivity contribution is 6.30. The summed E-state index contributed by atoms with van der Waals surface area (Å²) >= 11 is 5.95. The smallest absolute Gasteiger partial charge is 0.267 e. The quantitative estimate of drug-likeness (QED) is 0.505. The molecule has 30 heavy (non-hydrogen) atoms. The van der Waals surface area contributed by atoms with E-state index in [1.54, 1.807) is 29.2 Å². The van der Waals surface area contributed by atoms with Crippen molar-refractivity contribution in [1.29, 1.82) is 0 Å². The molecule has 0 N–H and O–H groups in total. The van der Waals surface area contributed by atoms with Crippen LogP contribution >= 0.6 is 11.6 Å². The predicted molar refractivity (Wildman–Crippen MR) is 114 cm³/mol. The largest absolute Gasteiger partial charge is 0.335 e. The number of amides is 1. The normalized spacial score (nSPS) is 13.4. The van der Waals surface area contributed by atoms with Crippen molar-refractivity contribution in [2.45, 2.75) is 19.4 Å². The van der Waals surface area contributed by atoms with Crippen molar-refractivity contribution in [1.82, 2.24) is 14.7 Å². The van der Waals surface area contributed by atoms with Gasteiger partial charge in [-0.1, -0.05) is 47.1 Å². The van der Waals surface area contributed by atoms with E-state index in [1.807, 2.05) is 24.3 Å². The van der Waals surface area contributed by atoms with Crippen LogP contribution in [0.3, 0.4) is 0 Å². The number of fused-ring (bicyclic) bond motifs is 2. The Kier molecular flexibility index (Phi) is 4.59. The number of hydrogen-bond acceptors (Lipinski definition) is 5. The molecule has 0 atom stereocenters. The van der Waals surface area contributed by atoms with Gasteiger partial charge in [0.05, 0.1) is 0 Å². The average molecular weight is 421 g/mol. The Hall–Kier alpha value is -3.45. The molecule has 0 unspecified atom stereocenters. The molecule has 8 heteroatoms. The third-order valence-electron chi connectivity index (χ3n) is 5.30. The number of hydrogen-bond donors (Lipinski definition) is 0. The lowest BCUT2D eigenvalue weighted by Crippen LogP contribution is -2.39. The van der Waals surface area contributed by atoms with Gasteiger partial charge in [0, 0.05) is 22.8 Å². The van der Waals surface area contributed by atoms with E-state index in [1.165, 1.54) is 10.9 Å². The molecule has 0 radical (unpaired) electrons. The molecule has 1 amide bonds. The number of aryl methyl sites for hydroxylation is 1. The van der Waals surface area contributed by atoms with Crippen molar-refractivity contribution in [2.75, 3.05) is 11.4 Å². The topological polar surface area (TPSA) is 81.2 Å². The summed E-state index contributed by atoms with van der Waals surface area (Å²) in [5, 5.41) is 4.83. The molecule has 0 fully saturated rings. The third kappa shape index (κ3) is 3.17. The fourth-order valence-electron chi connectivity index (χ4n) is 3.82. The van der Waals surface area contributed by atoms with E-state index in [0.29, 0.717) is 22.8 Å². The Labute approximate surface area is 176 Å². The van der Waals surface area contributed by atoms with Crippen LogP contribution in [-0.2, 0) is 17.8 Å². The zero-order chi connectivity index (χ0) is 20.7. The lowest BCUT2D eigenvalue weighted by atomic mass is 10.0. The molecule has 0 bridgehead atoms. The Morgan fingerprint density at radius 3 is 2.77 bits per heavy atom. The van der Waals surface area contributed by atoms with Crippen molar-refractivity contribution in [2.24, 2.45) is 0 Å². The molecule has 3 heterocycles. The highest BCUT2D eigenvalue weighted by Gasteiger charge is 2.24. The predicted octanol–water partition coefficient (Wildman–Crippen LogP) is 3.68. The van der Waals surface area contributed by atoms with Gasteiger partial charge in [-0.3, -0.25) is 14.2 Å². The van der Waals surface area contributed by atoms with Gasteiger partial charge >= 0.3 is 0 Å². The summed E-state index contributed by atoms with van der Waals surface area (Å²) in [7, 11) is 0. The first kappa shape index (κ1) is 18.6. The summed E-state index contributed by atoms with van der Waals surface area (Å²) in [5.74, 6) is -0.158. The molecule has 0 saturated heterocycles. The molecule has 150 valence electrons. The van der Waals surface area contributed by atoms with Crippen molar-refractivity contribution in [3.8, 4) is 11.3 Å². The van der Waals surface area contributed by atoms with Crippen LogP contribution in [0, 0.1) is 0 Å². The second-order valence-corrected chi connectivity index (χ2v) is 7.61. The van der Waals surface area contributed by atoms with Gasteiger partial charge in [-0.05, 0) is 36.6 Å². The van der Waals surface area contributed by atoms with E-state index in [2.05, 4.69) is 10.1 Å². The van der Waals surface area contributed by atoms with Crippen LogP contribution in [0.5, 0.6) is 0 Å². The van der Waals surface area contributed by atoms with Crippen LogP contribution in [0.15, 0.2) is 64.2 Å². The molecule has 1 aliphatic rings. The maximum Gasteiger partial charge on any atom is 0.267 e. The van der Waals surface area contributed by atoms with E-state index in [-0.39, 0.29) is 29.1 Å². The molecule has 0 spiro atoms. The number of rotatable bonds is 3. The lowest BCUT2D eigenvalue weighted by Gasteiger charge is -2.29. The van der Waals surface area contributed by atoms with Crippen molar-refractivity contribution in [3.63, 3.8) is 0 Å². The maximum absolute atomic E-state index is 13.1. The van der Waals surface area contributed by atoms with Gasteiger partial charge in [0.15, 0.2) is 0 Å². The number of carbonyl (C=O) groups excluding carboxylic acids is 1. The minimum Gasteiger partial charge on any atom is -0.335 e.